The molecular weight excluding hydrogens is 288 g/mol. The molecule has 0 spiro atoms. The molecule has 2 rings (SSSR count). The van der Waals surface area contributed by atoms with Crippen LogP contribution < -0.4 is 21.1 Å². The smallest absolute Gasteiger partial charge is 0.257 e. The van der Waals surface area contributed by atoms with E-state index in [0.717, 1.165) is 17.7 Å². The Morgan fingerprint density at radius 1 is 1.48 bits per heavy atom. The molecule has 0 atom stereocenters. The fourth-order valence-corrected chi connectivity index (χ4v) is 2.65. The molecule has 112 valence electrons. The number of nitrogens with one attached hydrogen (secondary N) is 2. The summed E-state index contributed by atoms with van der Waals surface area (Å²) < 4.78 is 9.20. The van der Waals surface area contributed by atoms with E-state index in [9.17, 15) is 4.79 Å². The number of anilines is 2. The highest BCUT2D eigenvalue weighted by Gasteiger charge is 2.17. The third-order valence-corrected chi connectivity index (χ3v) is 3.83. The lowest BCUT2D eigenvalue weighted by atomic mass is 10.1. The number of carbonyl (C=O) groups excluding carboxylic acids is 1. The second kappa shape index (κ2) is 6.94. The molecule has 4 N–H and O–H groups in total. The molecule has 0 aliphatic carbocycles. The summed E-state index contributed by atoms with van der Waals surface area (Å²) in [5.74, 6) is 0.856. The van der Waals surface area contributed by atoms with Gasteiger partial charge in [-0.1, -0.05) is 12.1 Å². The summed E-state index contributed by atoms with van der Waals surface area (Å²) in [7, 11) is 3.21. The van der Waals surface area contributed by atoms with E-state index in [1.165, 1.54) is 11.5 Å². The number of ether oxygens (including phenoxy) is 1. The van der Waals surface area contributed by atoms with Crippen LogP contribution in [-0.2, 0) is 6.42 Å². The van der Waals surface area contributed by atoms with E-state index in [-0.39, 0.29) is 11.7 Å². The maximum absolute atomic E-state index is 11.8. The molecular formula is C14H18N4O2S. The average molecular weight is 306 g/mol. The van der Waals surface area contributed by atoms with Gasteiger partial charge in [0.1, 0.15) is 16.3 Å². The maximum atomic E-state index is 11.8. The Morgan fingerprint density at radius 2 is 2.29 bits per heavy atom. The molecule has 21 heavy (non-hydrogen) atoms. The Labute approximate surface area is 127 Å². The number of aromatic nitrogens is 1. The summed E-state index contributed by atoms with van der Waals surface area (Å²) in [6.45, 7) is 0.679. The third-order valence-electron chi connectivity index (χ3n) is 3.01. The Morgan fingerprint density at radius 3 is 3.00 bits per heavy atom. The lowest BCUT2D eigenvalue weighted by molar-refractivity contribution is 0.0965. The van der Waals surface area contributed by atoms with Crippen molar-refractivity contribution < 1.29 is 9.53 Å². The first-order chi connectivity index (χ1) is 10.2. The van der Waals surface area contributed by atoms with Gasteiger partial charge in [-0.15, -0.1) is 0 Å². The number of nitrogen functional groups attached to an aromatic ring is 1. The summed E-state index contributed by atoms with van der Waals surface area (Å²) in [5, 5.41) is 6.46. The third kappa shape index (κ3) is 3.63. The first-order valence-electron chi connectivity index (χ1n) is 6.49. The van der Waals surface area contributed by atoms with Crippen molar-refractivity contribution in [3.05, 3.63) is 35.4 Å². The molecule has 0 saturated carbocycles. The van der Waals surface area contributed by atoms with Crippen molar-refractivity contribution in [1.82, 2.24) is 9.69 Å². The van der Waals surface area contributed by atoms with Crippen LogP contribution in [0.2, 0.25) is 0 Å². The maximum Gasteiger partial charge on any atom is 0.257 e. The van der Waals surface area contributed by atoms with E-state index in [1.54, 1.807) is 14.2 Å². The van der Waals surface area contributed by atoms with Crippen molar-refractivity contribution in [1.29, 1.82) is 0 Å². The van der Waals surface area contributed by atoms with Gasteiger partial charge in [0.2, 0.25) is 0 Å². The van der Waals surface area contributed by atoms with Crippen LogP contribution in [0.5, 0.6) is 5.75 Å². The second-order valence-corrected chi connectivity index (χ2v) is 5.15. The van der Waals surface area contributed by atoms with Crippen LogP contribution in [-0.4, -0.2) is 31.0 Å². The van der Waals surface area contributed by atoms with Gasteiger partial charge in [0, 0.05) is 13.6 Å². The van der Waals surface area contributed by atoms with Gasteiger partial charge in [-0.25, -0.2) is 0 Å². The van der Waals surface area contributed by atoms with Crippen LogP contribution in [0, 0.1) is 0 Å². The van der Waals surface area contributed by atoms with E-state index < -0.39 is 0 Å². The van der Waals surface area contributed by atoms with Crippen molar-refractivity contribution in [2.24, 2.45) is 0 Å². The summed E-state index contributed by atoms with van der Waals surface area (Å²) in [5.41, 5.74) is 7.28. The number of methoxy groups -OCH3 is 1. The highest BCUT2D eigenvalue weighted by Crippen LogP contribution is 2.26. The van der Waals surface area contributed by atoms with Crippen LogP contribution in [0.15, 0.2) is 24.3 Å². The number of nitrogens with two attached hydrogens (primary N) is 1. The molecule has 0 unspecified atom stereocenters. The zero-order valence-electron chi connectivity index (χ0n) is 12.0. The van der Waals surface area contributed by atoms with Crippen LogP contribution >= 0.6 is 11.5 Å². The molecule has 0 aliphatic heterocycles. The number of benzene rings is 1. The first-order valence-corrected chi connectivity index (χ1v) is 7.27. The minimum Gasteiger partial charge on any atom is -0.497 e. The minimum absolute atomic E-state index is 0.231. The molecule has 0 fully saturated rings. The molecule has 1 amide bonds. The predicted molar refractivity (Wildman–Crippen MR) is 85.1 cm³/mol. The summed E-state index contributed by atoms with van der Waals surface area (Å²) in [4.78, 5) is 11.8. The molecule has 1 aromatic carbocycles. The standard InChI is InChI=1S/C14H18N4O2S/c1-16-13(19)11-12(15)18-21-14(11)17-7-6-9-4-3-5-10(8-9)20-2/h3-5,8,17H,6-7H2,1-2H3,(H2,15,18)(H,16,19). The predicted octanol–water partition coefficient (Wildman–Crippen LogP) is 1.75. The Hall–Kier alpha value is -2.28. The van der Waals surface area contributed by atoms with Gasteiger partial charge in [0.05, 0.1) is 7.11 Å². The van der Waals surface area contributed by atoms with Crippen molar-refractivity contribution in [2.75, 3.05) is 31.8 Å². The normalized spacial score (nSPS) is 10.2. The van der Waals surface area contributed by atoms with Crippen LogP contribution in [0.25, 0.3) is 0 Å². The molecule has 1 aromatic heterocycles. The van der Waals surface area contributed by atoms with Gasteiger partial charge >= 0.3 is 0 Å². The molecule has 2 aromatic rings. The zero-order valence-corrected chi connectivity index (χ0v) is 12.8. The summed E-state index contributed by atoms with van der Waals surface area (Å²) in [6.07, 6.45) is 0.808. The average Bonchev–Trinajstić information content (AvgIpc) is 2.87. The molecule has 0 saturated heterocycles. The van der Waals surface area contributed by atoms with E-state index in [0.29, 0.717) is 17.1 Å². The number of rotatable bonds is 6. The van der Waals surface area contributed by atoms with E-state index in [1.807, 2.05) is 24.3 Å². The van der Waals surface area contributed by atoms with Crippen molar-refractivity contribution in [3.8, 4) is 5.75 Å². The Bertz CT molecular complexity index is 627. The second-order valence-electron chi connectivity index (χ2n) is 4.38. The molecule has 7 heteroatoms. The van der Waals surface area contributed by atoms with Crippen LogP contribution in [0.1, 0.15) is 15.9 Å². The Kier molecular flexibility index (Phi) is 4.99. The lowest BCUT2D eigenvalue weighted by Gasteiger charge is -2.07. The number of hydrogen-bond acceptors (Lipinski definition) is 6. The van der Waals surface area contributed by atoms with Gasteiger partial charge in [-0.3, -0.25) is 4.79 Å². The van der Waals surface area contributed by atoms with Gasteiger partial charge in [-0.2, -0.15) is 4.37 Å². The van der Waals surface area contributed by atoms with Gasteiger partial charge in [0.25, 0.3) is 5.91 Å². The lowest BCUT2D eigenvalue weighted by Crippen LogP contribution is -2.20. The monoisotopic (exact) mass is 306 g/mol. The first kappa shape index (κ1) is 15.1. The number of hydrogen-bond donors (Lipinski definition) is 3. The number of amides is 1. The molecule has 0 radical (unpaired) electrons. The highest BCUT2D eigenvalue weighted by molar-refractivity contribution is 7.11. The van der Waals surface area contributed by atoms with Gasteiger partial charge in [0.15, 0.2) is 5.82 Å². The van der Waals surface area contributed by atoms with E-state index in [4.69, 9.17) is 10.5 Å². The SMILES string of the molecule is CNC(=O)c1c(N)nsc1NCCc1cccc(OC)c1. The number of carbonyl (C=O) groups is 1. The van der Waals surface area contributed by atoms with Crippen LogP contribution in [0.3, 0.4) is 0 Å². The largest absolute Gasteiger partial charge is 0.497 e. The van der Waals surface area contributed by atoms with Crippen molar-refractivity contribution in [2.45, 2.75) is 6.42 Å². The fraction of sp³-hybridized carbons (Fsp3) is 0.286. The Balaban J connectivity index is 1.99. The zero-order chi connectivity index (χ0) is 15.2. The summed E-state index contributed by atoms with van der Waals surface area (Å²) >= 11 is 1.19. The number of nitrogens with zero attached hydrogens (tertiary/aromatic N) is 1. The highest BCUT2D eigenvalue weighted by atomic mass is 32.1. The molecule has 1 heterocycles. The summed E-state index contributed by atoms with van der Waals surface area (Å²) in [6, 6.07) is 7.88. The van der Waals surface area contributed by atoms with Crippen molar-refractivity contribution >= 4 is 28.3 Å². The molecule has 0 aliphatic rings. The quantitative estimate of drug-likeness (QED) is 0.756. The van der Waals surface area contributed by atoms with Gasteiger partial charge in [-0.05, 0) is 35.6 Å². The van der Waals surface area contributed by atoms with Crippen molar-refractivity contribution in [3.63, 3.8) is 0 Å². The van der Waals surface area contributed by atoms with Gasteiger partial charge < -0.3 is 21.1 Å². The molecule has 6 nitrogen and oxygen atoms in total. The van der Waals surface area contributed by atoms with E-state index in [2.05, 4.69) is 15.0 Å². The van der Waals surface area contributed by atoms with E-state index >= 15 is 0 Å². The topological polar surface area (TPSA) is 89.3 Å². The molecule has 0 bridgehead atoms. The minimum atomic E-state index is -0.231. The fourth-order valence-electron chi connectivity index (χ4n) is 1.92. The van der Waals surface area contributed by atoms with Crippen LogP contribution in [0.4, 0.5) is 10.8 Å².